The van der Waals surface area contributed by atoms with E-state index in [1.54, 1.807) is 11.8 Å². The van der Waals surface area contributed by atoms with Crippen LogP contribution >= 0.6 is 11.8 Å². The van der Waals surface area contributed by atoms with E-state index in [1.807, 2.05) is 36.4 Å². The number of amides is 1. The third-order valence-corrected chi connectivity index (χ3v) is 5.66. The fraction of sp³-hybridized carbons (Fsp3) is 0.350. The highest BCUT2D eigenvalue weighted by molar-refractivity contribution is 8.00. The lowest BCUT2D eigenvalue weighted by Gasteiger charge is -2.36. The first-order valence-corrected chi connectivity index (χ1v) is 9.21. The second-order valence-corrected chi connectivity index (χ2v) is 7.28. The Morgan fingerprint density at radius 2 is 1.70 bits per heavy atom. The van der Waals surface area contributed by atoms with Crippen LogP contribution in [0.15, 0.2) is 65.6 Å². The molecular weight excluding hydrogens is 302 g/mol. The molecule has 1 heterocycles. The van der Waals surface area contributed by atoms with E-state index in [1.165, 1.54) is 6.42 Å². The zero-order valence-electron chi connectivity index (χ0n) is 13.5. The van der Waals surface area contributed by atoms with Crippen LogP contribution in [-0.4, -0.2) is 23.4 Å². The lowest BCUT2D eigenvalue weighted by atomic mass is 10.0. The number of hydrogen-bond acceptors (Lipinski definition) is 2. The van der Waals surface area contributed by atoms with Crippen molar-refractivity contribution in [1.82, 2.24) is 4.90 Å². The van der Waals surface area contributed by atoms with Crippen molar-refractivity contribution in [2.24, 2.45) is 0 Å². The molecule has 0 aliphatic carbocycles. The Bertz CT molecular complexity index is 629. The minimum atomic E-state index is -0.167. The summed E-state index contributed by atoms with van der Waals surface area (Å²) in [4.78, 5) is 16.4. The maximum atomic E-state index is 13.2. The first kappa shape index (κ1) is 16.1. The van der Waals surface area contributed by atoms with Gasteiger partial charge in [-0.25, -0.2) is 0 Å². The number of thioether (sulfide) groups is 1. The predicted octanol–water partition coefficient (Wildman–Crippen LogP) is 4.92. The monoisotopic (exact) mass is 325 g/mol. The number of carbonyl (C=O) groups excluding carboxylic acids is 1. The highest BCUT2D eigenvalue weighted by Crippen LogP contribution is 2.37. The predicted molar refractivity (Wildman–Crippen MR) is 96.5 cm³/mol. The summed E-state index contributed by atoms with van der Waals surface area (Å²) in [7, 11) is 0. The van der Waals surface area contributed by atoms with Crippen molar-refractivity contribution in [2.45, 2.75) is 42.4 Å². The van der Waals surface area contributed by atoms with Crippen molar-refractivity contribution in [3.8, 4) is 0 Å². The highest BCUT2D eigenvalue weighted by atomic mass is 32.2. The van der Waals surface area contributed by atoms with Crippen molar-refractivity contribution in [1.29, 1.82) is 0 Å². The van der Waals surface area contributed by atoms with Crippen molar-refractivity contribution in [3.05, 3.63) is 66.2 Å². The molecule has 3 heteroatoms. The third kappa shape index (κ3) is 3.97. The summed E-state index contributed by atoms with van der Waals surface area (Å²) in [6.07, 6.45) is 3.46. The SMILES string of the molecule is C[C@@H]1CCCCN1C(=O)[C@@H](Sc1ccccc1)c1ccccc1. The van der Waals surface area contributed by atoms with Crippen LogP contribution in [0.2, 0.25) is 0 Å². The zero-order valence-corrected chi connectivity index (χ0v) is 14.3. The lowest BCUT2D eigenvalue weighted by molar-refractivity contribution is -0.133. The molecule has 0 N–H and O–H groups in total. The Morgan fingerprint density at radius 3 is 2.35 bits per heavy atom. The molecule has 2 aromatic rings. The summed E-state index contributed by atoms with van der Waals surface area (Å²) in [5.41, 5.74) is 1.09. The summed E-state index contributed by atoms with van der Waals surface area (Å²) in [6, 6.07) is 20.7. The zero-order chi connectivity index (χ0) is 16.1. The fourth-order valence-corrected chi connectivity index (χ4v) is 4.22. The third-order valence-electron chi connectivity index (χ3n) is 4.41. The number of nitrogens with zero attached hydrogens (tertiary/aromatic N) is 1. The number of likely N-dealkylation sites (tertiary alicyclic amines) is 1. The van der Waals surface area contributed by atoms with E-state index in [0.717, 1.165) is 29.8 Å². The van der Waals surface area contributed by atoms with E-state index < -0.39 is 0 Å². The molecule has 120 valence electrons. The maximum absolute atomic E-state index is 13.2. The second kappa shape index (κ2) is 7.69. The topological polar surface area (TPSA) is 20.3 Å². The van der Waals surface area contributed by atoms with E-state index >= 15 is 0 Å². The number of carbonyl (C=O) groups is 1. The van der Waals surface area contributed by atoms with Crippen LogP contribution in [0.3, 0.4) is 0 Å². The van der Waals surface area contributed by atoms with Crippen LogP contribution in [0.1, 0.15) is 37.0 Å². The van der Waals surface area contributed by atoms with Gasteiger partial charge in [-0.3, -0.25) is 4.79 Å². The van der Waals surface area contributed by atoms with E-state index in [-0.39, 0.29) is 11.2 Å². The van der Waals surface area contributed by atoms with Crippen LogP contribution in [0.25, 0.3) is 0 Å². The summed E-state index contributed by atoms with van der Waals surface area (Å²) in [6.45, 7) is 3.06. The van der Waals surface area contributed by atoms with Crippen LogP contribution in [0, 0.1) is 0 Å². The van der Waals surface area contributed by atoms with Crippen molar-refractivity contribution in [2.75, 3.05) is 6.54 Å². The van der Waals surface area contributed by atoms with Gasteiger partial charge in [0, 0.05) is 17.5 Å². The lowest BCUT2D eigenvalue weighted by Crippen LogP contribution is -2.43. The fourth-order valence-electron chi connectivity index (χ4n) is 3.10. The summed E-state index contributed by atoms with van der Waals surface area (Å²) >= 11 is 1.65. The molecule has 1 fully saturated rings. The molecule has 0 saturated carbocycles. The van der Waals surface area contributed by atoms with E-state index in [4.69, 9.17) is 0 Å². The minimum Gasteiger partial charge on any atom is -0.339 e. The maximum Gasteiger partial charge on any atom is 0.240 e. The van der Waals surface area contributed by atoms with Crippen LogP contribution in [-0.2, 0) is 4.79 Å². The molecule has 0 unspecified atom stereocenters. The molecule has 0 spiro atoms. The number of rotatable bonds is 4. The van der Waals surface area contributed by atoms with Crippen LogP contribution in [0.4, 0.5) is 0 Å². The summed E-state index contributed by atoms with van der Waals surface area (Å²) in [5.74, 6) is 0.247. The Morgan fingerprint density at radius 1 is 1.04 bits per heavy atom. The average molecular weight is 325 g/mol. The van der Waals surface area contributed by atoms with E-state index in [9.17, 15) is 4.79 Å². The van der Waals surface area contributed by atoms with E-state index in [2.05, 4.69) is 36.1 Å². The largest absolute Gasteiger partial charge is 0.339 e. The molecule has 2 aromatic carbocycles. The molecule has 1 amide bonds. The number of benzene rings is 2. The molecule has 1 aliphatic heterocycles. The summed E-state index contributed by atoms with van der Waals surface area (Å²) < 4.78 is 0. The van der Waals surface area contributed by atoms with E-state index in [0.29, 0.717) is 6.04 Å². The Balaban J connectivity index is 1.87. The molecule has 1 aliphatic rings. The molecule has 0 radical (unpaired) electrons. The molecule has 1 saturated heterocycles. The van der Waals surface area contributed by atoms with Crippen LogP contribution < -0.4 is 0 Å². The first-order valence-electron chi connectivity index (χ1n) is 8.33. The van der Waals surface area contributed by atoms with Gasteiger partial charge in [0.1, 0.15) is 5.25 Å². The first-order chi connectivity index (χ1) is 11.3. The minimum absolute atomic E-state index is 0.167. The molecular formula is C20H23NOS. The van der Waals surface area contributed by atoms with Gasteiger partial charge in [-0.15, -0.1) is 11.8 Å². The number of piperidine rings is 1. The molecule has 23 heavy (non-hydrogen) atoms. The quantitative estimate of drug-likeness (QED) is 0.744. The molecule has 2 nitrogen and oxygen atoms in total. The Labute approximate surface area is 142 Å². The second-order valence-electron chi connectivity index (χ2n) is 6.10. The van der Waals surface area contributed by atoms with Crippen molar-refractivity contribution < 1.29 is 4.79 Å². The van der Waals surface area contributed by atoms with Crippen LogP contribution in [0.5, 0.6) is 0 Å². The summed E-state index contributed by atoms with van der Waals surface area (Å²) in [5, 5.41) is -0.167. The van der Waals surface area contributed by atoms with Gasteiger partial charge in [-0.1, -0.05) is 48.5 Å². The Kier molecular flexibility index (Phi) is 5.39. The van der Waals surface area contributed by atoms with Crippen molar-refractivity contribution in [3.63, 3.8) is 0 Å². The van der Waals surface area contributed by atoms with Gasteiger partial charge >= 0.3 is 0 Å². The van der Waals surface area contributed by atoms with Crippen molar-refractivity contribution >= 4 is 17.7 Å². The van der Waals surface area contributed by atoms with Gasteiger partial charge in [-0.2, -0.15) is 0 Å². The van der Waals surface area contributed by atoms with Gasteiger partial charge < -0.3 is 4.90 Å². The van der Waals surface area contributed by atoms with Gasteiger partial charge in [0.15, 0.2) is 0 Å². The Hall–Kier alpha value is -1.74. The van der Waals surface area contributed by atoms with Gasteiger partial charge in [0.05, 0.1) is 0 Å². The normalized spacial score (nSPS) is 19.3. The van der Waals surface area contributed by atoms with Gasteiger partial charge in [0.2, 0.25) is 5.91 Å². The average Bonchev–Trinajstić information content (AvgIpc) is 2.61. The molecule has 3 rings (SSSR count). The molecule has 0 bridgehead atoms. The molecule has 0 aromatic heterocycles. The van der Waals surface area contributed by atoms with Gasteiger partial charge in [0.25, 0.3) is 0 Å². The number of hydrogen-bond donors (Lipinski definition) is 0. The molecule has 2 atom stereocenters. The standard InChI is InChI=1S/C20H23NOS/c1-16-10-8-9-15-21(16)20(22)19(17-11-4-2-5-12-17)23-18-13-6-3-7-14-18/h2-7,11-14,16,19H,8-10,15H2,1H3/t16-,19+/m1/s1. The van der Waals surface area contributed by atoms with Gasteiger partial charge in [-0.05, 0) is 43.9 Å². The highest BCUT2D eigenvalue weighted by Gasteiger charge is 2.31. The smallest absolute Gasteiger partial charge is 0.240 e.